The Bertz CT molecular complexity index is 470. The summed E-state index contributed by atoms with van der Waals surface area (Å²) in [6.45, 7) is 1.77. The van der Waals surface area contributed by atoms with Gasteiger partial charge in [-0.05, 0) is 24.7 Å². The van der Waals surface area contributed by atoms with Crippen molar-refractivity contribution in [1.29, 1.82) is 0 Å². The van der Waals surface area contributed by atoms with Gasteiger partial charge in [0.15, 0.2) is 0 Å². The number of hydrogen-bond acceptors (Lipinski definition) is 4. The zero-order chi connectivity index (χ0) is 13.8. The molecule has 1 atom stereocenters. The number of aldehydes is 1. The van der Waals surface area contributed by atoms with E-state index in [1.165, 1.54) is 0 Å². The first-order valence-electron chi connectivity index (χ1n) is 6.38. The van der Waals surface area contributed by atoms with E-state index in [1.54, 1.807) is 18.2 Å². The number of rotatable bonds is 5. The van der Waals surface area contributed by atoms with Crippen LogP contribution in [0.3, 0.4) is 0 Å². The second-order valence-corrected chi connectivity index (χ2v) is 5.03. The first-order valence-corrected chi connectivity index (χ1v) is 6.38. The van der Waals surface area contributed by atoms with Gasteiger partial charge in [0.2, 0.25) is 0 Å². The third-order valence-corrected chi connectivity index (χ3v) is 3.33. The van der Waals surface area contributed by atoms with Crippen LogP contribution in [0, 0.1) is 0 Å². The van der Waals surface area contributed by atoms with Crippen molar-refractivity contribution in [2.24, 2.45) is 5.73 Å². The van der Waals surface area contributed by atoms with Crippen molar-refractivity contribution in [1.82, 2.24) is 10.2 Å². The van der Waals surface area contributed by atoms with Gasteiger partial charge in [-0.3, -0.25) is 4.79 Å². The van der Waals surface area contributed by atoms with Crippen LogP contribution < -0.4 is 11.1 Å². The Morgan fingerprint density at radius 3 is 2.95 bits per heavy atom. The molecule has 1 saturated heterocycles. The molecular formula is C14H19N3O2. The molecule has 1 aliphatic rings. The van der Waals surface area contributed by atoms with Crippen molar-refractivity contribution in [3.8, 4) is 0 Å². The van der Waals surface area contributed by atoms with Crippen molar-refractivity contribution in [2.45, 2.75) is 18.5 Å². The van der Waals surface area contributed by atoms with E-state index in [0.29, 0.717) is 5.56 Å². The summed E-state index contributed by atoms with van der Waals surface area (Å²) in [6.07, 6.45) is 1.06. The van der Waals surface area contributed by atoms with E-state index >= 15 is 0 Å². The summed E-state index contributed by atoms with van der Waals surface area (Å²) in [5, 5.41) is 2.97. The van der Waals surface area contributed by atoms with Crippen LogP contribution in [-0.2, 0) is 4.79 Å². The minimum Gasteiger partial charge on any atom is -0.347 e. The molecule has 0 aromatic heterocycles. The molecule has 0 aliphatic carbocycles. The molecule has 0 saturated carbocycles. The number of nitrogens with two attached hydrogens (primary N) is 1. The number of amides is 1. The lowest BCUT2D eigenvalue weighted by atomic mass is 10.0. The molecule has 0 bridgehead atoms. The molecule has 0 radical (unpaired) electrons. The molecule has 3 N–H and O–H groups in total. The highest BCUT2D eigenvalue weighted by Gasteiger charge is 2.25. The third kappa shape index (κ3) is 3.39. The summed E-state index contributed by atoms with van der Waals surface area (Å²) in [5.41, 5.74) is 7.26. The molecule has 0 unspecified atom stereocenters. The number of likely N-dealkylation sites (N-methyl/N-ethyl adjacent to an activating group) is 1. The molecule has 1 heterocycles. The zero-order valence-electron chi connectivity index (χ0n) is 11.0. The molecule has 1 aromatic carbocycles. The Morgan fingerprint density at radius 1 is 1.58 bits per heavy atom. The van der Waals surface area contributed by atoms with Gasteiger partial charge in [-0.2, -0.15) is 0 Å². The Balaban J connectivity index is 2.01. The van der Waals surface area contributed by atoms with Crippen LogP contribution in [0.2, 0.25) is 0 Å². The largest absolute Gasteiger partial charge is 0.347 e. The second-order valence-electron chi connectivity index (χ2n) is 5.03. The molecular weight excluding hydrogens is 242 g/mol. The van der Waals surface area contributed by atoms with Crippen LogP contribution in [0.5, 0.6) is 0 Å². The molecule has 19 heavy (non-hydrogen) atoms. The first-order chi connectivity index (χ1) is 9.10. The SMILES string of the molecule is CN1CC(NC(=O)c2cccc([C@H](N)CC=O)c2)C1. The van der Waals surface area contributed by atoms with Gasteiger partial charge in [-0.25, -0.2) is 0 Å². The van der Waals surface area contributed by atoms with Gasteiger partial charge in [0.1, 0.15) is 6.29 Å². The normalized spacial score (nSPS) is 17.6. The topological polar surface area (TPSA) is 75.4 Å². The summed E-state index contributed by atoms with van der Waals surface area (Å²) in [4.78, 5) is 24.7. The van der Waals surface area contributed by atoms with E-state index in [4.69, 9.17) is 5.73 Å². The minimum absolute atomic E-state index is 0.0850. The highest BCUT2D eigenvalue weighted by Crippen LogP contribution is 2.15. The van der Waals surface area contributed by atoms with Crippen LogP contribution >= 0.6 is 0 Å². The minimum atomic E-state index is -0.347. The molecule has 0 spiro atoms. The number of carbonyl (C=O) groups is 2. The number of likely N-dealkylation sites (tertiary alicyclic amines) is 1. The standard InChI is InChI=1S/C14H19N3O2/c1-17-8-12(9-17)16-14(19)11-4-2-3-10(7-11)13(15)5-6-18/h2-4,6-7,12-13H,5,8-9,15H2,1H3,(H,16,19)/t13-/m1/s1. The number of carbonyl (C=O) groups excluding carboxylic acids is 2. The van der Waals surface area contributed by atoms with Gasteiger partial charge >= 0.3 is 0 Å². The molecule has 1 aliphatic heterocycles. The van der Waals surface area contributed by atoms with Crippen molar-refractivity contribution in [3.05, 3.63) is 35.4 Å². The summed E-state index contributed by atoms with van der Waals surface area (Å²) >= 11 is 0. The summed E-state index contributed by atoms with van der Waals surface area (Å²) in [6, 6.07) is 7.02. The Hall–Kier alpha value is -1.72. The number of nitrogens with zero attached hydrogens (tertiary/aromatic N) is 1. The lowest BCUT2D eigenvalue weighted by Crippen LogP contribution is -2.57. The van der Waals surface area contributed by atoms with Gasteiger partial charge in [0.25, 0.3) is 5.91 Å². The van der Waals surface area contributed by atoms with Gasteiger partial charge in [0, 0.05) is 31.1 Å². The van der Waals surface area contributed by atoms with E-state index in [9.17, 15) is 9.59 Å². The maximum absolute atomic E-state index is 12.0. The van der Waals surface area contributed by atoms with Crippen LogP contribution in [0.4, 0.5) is 0 Å². The van der Waals surface area contributed by atoms with E-state index in [2.05, 4.69) is 10.2 Å². The maximum Gasteiger partial charge on any atom is 0.251 e. The first kappa shape index (κ1) is 13.7. The molecule has 1 aromatic rings. The molecule has 102 valence electrons. The number of benzene rings is 1. The molecule has 5 nitrogen and oxygen atoms in total. The Kier molecular flexibility index (Phi) is 4.29. The maximum atomic E-state index is 12.0. The summed E-state index contributed by atoms with van der Waals surface area (Å²) in [7, 11) is 2.02. The van der Waals surface area contributed by atoms with Crippen molar-refractivity contribution >= 4 is 12.2 Å². The van der Waals surface area contributed by atoms with Gasteiger partial charge in [-0.15, -0.1) is 0 Å². The van der Waals surface area contributed by atoms with Gasteiger partial charge in [-0.1, -0.05) is 12.1 Å². The van der Waals surface area contributed by atoms with Crippen LogP contribution in [0.15, 0.2) is 24.3 Å². The number of nitrogens with one attached hydrogen (secondary N) is 1. The summed E-state index contributed by atoms with van der Waals surface area (Å²) < 4.78 is 0. The van der Waals surface area contributed by atoms with Crippen LogP contribution in [0.25, 0.3) is 0 Å². The van der Waals surface area contributed by atoms with E-state index in [-0.39, 0.29) is 24.4 Å². The molecule has 1 amide bonds. The third-order valence-electron chi connectivity index (χ3n) is 3.33. The monoisotopic (exact) mass is 261 g/mol. The smallest absolute Gasteiger partial charge is 0.251 e. The summed E-state index contributed by atoms with van der Waals surface area (Å²) in [5.74, 6) is -0.0850. The van der Waals surface area contributed by atoms with Crippen molar-refractivity contribution in [2.75, 3.05) is 20.1 Å². The highest BCUT2D eigenvalue weighted by molar-refractivity contribution is 5.94. The Morgan fingerprint density at radius 2 is 2.32 bits per heavy atom. The molecule has 1 fully saturated rings. The quantitative estimate of drug-likeness (QED) is 0.748. The highest BCUT2D eigenvalue weighted by atomic mass is 16.1. The van der Waals surface area contributed by atoms with Crippen LogP contribution in [0.1, 0.15) is 28.4 Å². The second kappa shape index (κ2) is 5.95. The van der Waals surface area contributed by atoms with Gasteiger partial charge in [0.05, 0.1) is 6.04 Å². The Labute approximate surface area is 112 Å². The fourth-order valence-electron chi connectivity index (χ4n) is 2.21. The molecule has 5 heteroatoms. The van der Waals surface area contributed by atoms with Crippen molar-refractivity contribution in [3.63, 3.8) is 0 Å². The fraction of sp³-hybridized carbons (Fsp3) is 0.429. The average Bonchev–Trinajstić information content (AvgIpc) is 2.37. The number of hydrogen-bond donors (Lipinski definition) is 2. The van der Waals surface area contributed by atoms with E-state index in [1.807, 2.05) is 13.1 Å². The van der Waals surface area contributed by atoms with E-state index < -0.39 is 0 Å². The van der Waals surface area contributed by atoms with Gasteiger partial charge < -0.3 is 20.7 Å². The molecule has 2 rings (SSSR count). The predicted octanol–water partition coefficient (Wildman–Crippen LogP) is 0.319. The predicted molar refractivity (Wildman–Crippen MR) is 72.8 cm³/mol. The van der Waals surface area contributed by atoms with Crippen LogP contribution in [-0.4, -0.2) is 43.3 Å². The average molecular weight is 261 g/mol. The fourth-order valence-corrected chi connectivity index (χ4v) is 2.21. The van der Waals surface area contributed by atoms with Crippen molar-refractivity contribution < 1.29 is 9.59 Å². The lowest BCUT2D eigenvalue weighted by Gasteiger charge is -2.36. The van der Waals surface area contributed by atoms with E-state index in [0.717, 1.165) is 24.9 Å². The lowest BCUT2D eigenvalue weighted by molar-refractivity contribution is -0.108. The zero-order valence-corrected chi connectivity index (χ0v) is 11.0.